The summed E-state index contributed by atoms with van der Waals surface area (Å²) in [7, 11) is 0. The van der Waals surface area contributed by atoms with Gasteiger partial charge in [-0.3, -0.25) is 0 Å². The fourth-order valence-corrected chi connectivity index (χ4v) is 3.50. The second-order valence-electron chi connectivity index (χ2n) is 6.82. The third kappa shape index (κ3) is 6.10. The van der Waals surface area contributed by atoms with Crippen molar-refractivity contribution < 1.29 is 9.13 Å². The second-order valence-corrected chi connectivity index (χ2v) is 6.82. The minimum atomic E-state index is -0.115. The van der Waals surface area contributed by atoms with Crippen LogP contribution in [0.4, 0.5) is 4.39 Å². The summed E-state index contributed by atoms with van der Waals surface area (Å²) >= 11 is 0. The Morgan fingerprint density at radius 2 is 2.00 bits per heavy atom. The molecule has 0 atom stereocenters. The Hall–Kier alpha value is -1.15. The van der Waals surface area contributed by atoms with E-state index >= 15 is 0 Å². The number of allylic oxidation sites excluding steroid dienone is 2. The van der Waals surface area contributed by atoms with Crippen LogP contribution in [0, 0.1) is 17.7 Å². The van der Waals surface area contributed by atoms with Gasteiger partial charge in [0.2, 0.25) is 0 Å². The zero-order valence-corrected chi connectivity index (χ0v) is 14.7. The number of halogens is 1. The summed E-state index contributed by atoms with van der Waals surface area (Å²) in [6.45, 7) is 5.25. The minimum Gasteiger partial charge on any atom is -0.377 e. The molecule has 2 rings (SSSR count). The van der Waals surface area contributed by atoms with Gasteiger partial charge in [-0.2, -0.15) is 0 Å². The smallest absolute Gasteiger partial charge is 0.128 e. The molecule has 1 aromatic rings. The molecule has 0 heterocycles. The molecule has 2 heteroatoms. The lowest BCUT2D eigenvalue weighted by molar-refractivity contribution is 0.119. The third-order valence-corrected chi connectivity index (χ3v) is 4.92. The molecule has 1 aliphatic rings. The highest BCUT2D eigenvalue weighted by molar-refractivity contribution is 5.24. The second kappa shape index (κ2) is 9.87. The lowest BCUT2D eigenvalue weighted by Crippen LogP contribution is -2.13. The van der Waals surface area contributed by atoms with Crippen LogP contribution in [-0.4, -0.2) is 6.61 Å². The van der Waals surface area contributed by atoms with E-state index in [-0.39, 0.29) is 5.82 Å². The summed E-state index contributed by atoms with van der Waals surface area (Å²) in [4.78, 5) is 0. The molecule has 1 saturated carbocycles. The molecule has 0 aromatic heterocycles. The Bertz CT molecular complexity index is 487. The van der Waals surface area contributed by atoms with Crippen molar-refractivity contribution >= 4 is 0 Å². The molecule has 1 nitrogen and oxygen atoms in total. The quantitative estimate of drug-likeness (QED) is 0.417. The molecule has 1 fully saturated rings. The number of hydrogen-bond donors (Lipinski definition) is 0. The highest BCUT2D eigenvalue weighted by Crippen LogP contribution is 2.32. The van der Waals surface area contributed by atoms with E-state index in [4.69, 9.17) is 4.74 Å². The van der Waals surface area contributed by atoms with Crippen LogP contribution in [0.3, 0.4) is 0 Å². The maximum atomic E-state index is 14.1. The van der Waals surface area contributed by atoms with E-state index in [0.29, 0.717) is 18.8 Å². The molecule has 23 heavy (non-hydrogen) atoms. The van der Waals surface area contributed by atoms with E-state index in [1.165, 1.54) is 32.1 Å². The number of ether oxygens (including phenoxy) is 1. The molecule has 128 valence electrons. The number of rotatable bonds is 8. The largest absolute Gasteiger partial charge is 0.377 e. The predicted octanol–water partition coefficient (Wildman–Crippen LogP) is 6.07. The monoisotopic (exact) mass is 318 g/mol. The van der Waals surface area contributed by atoms with E-state index in [1.807, 2.05) is 6.07 Å². The maximum Gasteiger partial charge on any atom is 0.128 e. The van der Waals surface area contributed by atoms with Gasteiger partial charge in [-0.1, -0.05) is 31.2 Å². The molecule has 0 aliphatic heterocycles. The van der Waals surface area contributed by atoms with Gasteiger partial charge in [-0.05, 0) is 75.3 Å². The van der Waals surface area contributed by atoms with Gasteiger partial charge in [-0.15, -0.1) is 0 Å². The van der Waals surface area contributed by atoms with Crippen molar-refractivity contribution in [1.29, 1.82) is 0 Å². The number of hydrogen-bond acceptors (Lipinski definition) is 1. The van der Waals surface area contributed by atoms with E-state index < -0.39 is 0 Å². The van der Waals surface area contributed by atoms with Crippen molar-refractivity contribution in [3.05, 3.63) is 47.3 Å². The zero-order chi connectivity index (χ0) is 16.5. The fraction of sp³-hybridized carbons (Fsp3) is 0.619. The fourth-order valence-electron chi connectivity index (χ4n) is 3.50. The van der Waals surface area contributed by atoms with Crippen LogP contribution in [0.25, 0.3) is 0 Å². The van der Waals surface area contributed by atoms with E-state index in [9.17, 15) is 4.39 Å². The van der Waals surface area contributed by atoms with E-state index in [0.717, 1.165) is 30.2 Å². The third-order valence-electron chi connectivity index (χ3n) is 4.92. The average Bonchev–Trinajstić information content (AvgIpc) is 2.56. The first-order valence-corrected chi connectivity index (χ1v) is 9.20. The van der Waals surface area contributed by atoms with Crippen LogP contribution in [0.15, 0.2) is 30.4 Å². The van der Waals surface area contributed by atoms with Crippen LogP contribution in [0.2, 0.25) is 0 Å². The van der Waals surface area contributed by atoms with Gasteiger partial charge >= 0.3 is 0 Å². The summed E-state index contributed by atoms with van der Waals surface area (Å²) in [5.74, 6) is 1.48. The van der Waals surface area contributed by atoms with Gasteiger partial charge in [0.15, 0.2) is 0 Å². The Balaban J connectivity index is 1.77. The summed E-state index contributed by atoms with van der Waals surface area (Å²) in [6.07, 6.45) is 13.0. The Morgan fingerprint density at radius 3 is 2.65 bits per heavy atom. The van der Waals surface area contributed by atoms with Crippen molar-refractivity contribution in [3.8, 4) is 0 Å². The molecule has 0 bridgehead atoms. The minimum absolute atomic E-state index is 0.115. The highest BCUT2D eigenvalue weighted by Gasteiger charge is 2.19. The molecule has 0 radical (unpaired) electrons. The summed E-state index contributed by atoms with van der Waals surface area (Å²) in [6, 6.07) is 5.67. The summed E-state index contributed by atoms with van der Waals surface area (Å²) < 4.78 is 19.5. The Morgan fingerprint density at radius 1 is 1.22 bits per heavy atom. The van der Waals surface area contributed by atoms with Gasteiger partial charge in [0.05, 0.1) is 6.61 Å². The lowest BCUT2D eigenvalue weighted by atomic mass is 9.79. The summed E-state index contributed by atoms with van der Waals surface area (Å²) in [5.41, 5.74) is 1.80. The van der Waals surface area contributed by atoms with Gasteiger partial charge in [0.25, 0.3) is 0 Å². The van der Waals surface area contributed by atoms with Crippen LogP contribution in [0.5, 0.6) is 0 Å². The Labute approximate surface area is 140 Å². The molecule has 0 N–H and O–H groups in total. The van der Waals surface area contributed by atoms with Gasteiger partial charge in [-0.25, -0.2) is 4.39 Å². The van der Waals surface area contributed by atoms with E-state index in [1.54, 1.807) is 6.07 Å². The first kappa shape index (κ1) is 18.2. The van der Waals surface area contributed by atoms with Crippen LogP contribution in [-0.2, 0) is 17.8 Å². The van der Waals surface area contributed by atoms with Crippen molar-refractivity contribution in [2.75, 3.05) is 6.61 Å². The van der Waals surface area contributed by atoms with Crippen LogP contribution < -0.4 is 0 Å². The molecule has 0 saturated heterocycles. The molecule has 0 unspecified atom stereocenters. The highest BCUT2D eigenvalue weighted by atomic mass is 19.1. The van der Waals surface area contributed by atoms with Crippen molar-refractivity contribution in [3.63, 3.8) is 0 Å². The van der Waals surface area contributed by atoms with Gasteiger partial charge in [0.1, 0.15) is 5.82 Å². The normalized spacial score (nSPS) is 21.9. The molecule has 0 spiro atoms. The predicted molar refractivity (Wildman–Crippen MR) is 94.9 cm³/mol. The molecule has 1 aromatic carbocycles. The average molecular weight is 318 g/mol. The first-order valence-electron chi connectivity index (χ1n) is 9.20. The number of aryl methyl sites for hydroxylation is 1. The topological polar surface area (TPSA) is 9.23 Å². The first-order chi connectivity index (χ1) is 11.2. The van der Waals surface area contributed by atoms with Gasteiger partial charge in [0, 0.05) is 12.2 Å². The SMILES string of the molecule is CC=C[C@H]1CC[C@H](CCc2ccc(COCCC)c(F)c2)CC1. The number of benzene rings is 1. The molecule has 0 amide bonds. The standard InChI is InChI=1S/C21H31FO/c1-3-5-17-6-8-18(9-7-17)10-11-19-12-13-20(21(22)15-19)16-23-14-4-2/h3,5,12-13,15,17-18H,4,6-11,14,16H2,1-2H3/t17-,18-. The van der Waals surface area contributed by atoms with Crippen LogP contribution >= 0.6 is 0 Å². The zero-order valence-electron chi connectivity index (χ0n) is 14.7. The Kier molecular flexibility index (Phi) is 7.81. The van der Waals surface area contributed by atoms with Gasteiger partial charge < -0.3 is 4.74 Å². The van der Waals surface area contributed by atoms with E-state index in [2.05, 4.69) is 32.1 Å². The van der Waals surface area contributed by atoms with Crippen molar-refractivity contribution in [1.82, 2.24) is 0 Å². The lowest BCUT2D eigenvalue weighted by Gasteiger charge is -2.26. The maximum absolute atomic E-state index is 14.1. The molecular weight excluding hydrogens is 287 g/mol. The summed E-state index contributed by atoms with van der Waals surface area (Å²) in [5, 5.41) is 0. The van der Waals surface area contributed by atoms with Crippen molar-refractivity contribution in [2.24, 2.45) is 11.8 Å². The van der Waals surface area contributed by atoms with Crippen molar-refractivity contribution in [2.45, 2.75) is 65.4 Å². The van der Waals surface area contributed by atoms with Crippen LogP contribution in [0.1, 0.15) is 63.5 Å². The molecule has 1 aliphatic carbocycles. The molecular formula is C21H31FO.